The number of aromatic amines is 1. The Morgan fingerprint density at radius 1 is 1.25 bits per heavy atom. The molecule has 2 spiro atoms. The van der Waals surface area contributed by atoms with Gasteiger partial charge in [0.05, 0.1) is 18.2 Å². The Morgan fingerprint density at radius 3 is 2.69 bits per heavy atom. The van der Waals surface area contributed by atoms with Crippen LogP contribution in [-0.4, -0.2) is 56.9 Å². The van der Waals surface area contributed by atoms with E-state index < -0.39 is 46.7 Å². The molecule has 4 atom stereocenters. The van der Waals surface area contributed by atoms with Gasteiger partial charge in [0.25, 0.3) is 11.5 Å². The Balaban J connectivity index is 1.56. The van der Waals surface area contributed by atoms with Crippen LogP contribution in [0.2, 0.25) is 0 Å². The number of nitrogens with one attached hydrogen (secondary N) is 1. The summed E-state index contributed by atoms with van der Waals surface area (Å²) >= 11 is 0. The number of hydrogen-bond donors (Lipinski definition) is 4. The van der Waals surface area contributed by atoms with E-state index in [9.17, 15) is 33.0 Å². The molecular weight excluding hydrogens is 427 g/mol. The predicted octanol–water partition coefficient (Wildman–Crippen LogP) is 0.849. The quantitative estimate of drug-likeness (QED) is 0.544. The number of nitrogens with zero attached hydrogens (tertiary/aromatic N) is 1. The van der Waals surface area contributed by atoms with Gasteiger partial charge in [-0.15, -0.1) is 0 Å². The highest BCUT2D eigenvalue weighted by Gasteiger charge is 2.81. The number of rotatable bonds is 2. The number of H-pyrrole nitrogens is 1. The lowest BCUT2D eigenvalue weighted by molar-refractivity contribution is -0.200. The van der Waals surface area contributed by atoms with Crippen LogP contribution in [0.1, 0.15) is 39.2 Å². The van der Waals surface area contributed by atoms with Crippen molar-refractivity contribution in [3.63, 3.8) is 0 Å². The van der Waals surface area contributed by atoms with Crippen molar-refractivity contribution in [2.75, 3.05) is 13.1 Å². The van der Waals surface area contributed by atoms with E-state index >= 15 is 0 Å². The number of pyridine rings is 1. The second-order valence-corrected chi connectivity index (χ2v) is 9.73. The van der Waals surface area contributed by atoms with Crippen LogP contribution in [-0.2, 0) is 23.7 Å². The van der Waals surface area contributed by atoms with E-state index in [2.05, 4.69) is 4.98 Å². The molecule has 2 aromatic rings. The van der Waals surface area contributed by atoms with Gasteiger partial charge in [-0.2, -0.15) is 13.2 Å². The molecule has 2 bridgehead atoms. The highest BCUT2D eigenvalue weighted by Crippen LogP contribution is 2.73. The Hall–Kier alpha value is -2.85. The third kappa shape index (κ3) is 2.14. The molecule has 6 rings (SSSR count). The number of carbonyl (C=O) groups excluding carboxylic acids is 1. The number of primary amides is 1. The second kappa shape index (κ2) is 5.55. The number of aliphatic hydroxyl groups is 1. The van der Waals surface area contributed by atoms with Crippen molar-refractivity contribution in [1.82, 2.24) is 9.88 Å². The summed E-state index contributed by atoms with van der Waals surface area (Å²) in [5, 5.41) is 22.3. The molecule has 1 aromatic carbocycles. The molecule has 5 N–H and O–H groups in total. The first-order chi connectivity index (χ1) is 14.9. The van der Waals surface area contributed by atoms with Gasteiger partial charge in [-0.3, -0.25) is 14.5 Å². The number of phenolic OH excluding ortho intramolecular Hbond substituents is 1. The van der Waals surface area contributed by atoms with Gasteiger partial charge in [0.2, 0.25) is 0 Å². The molecule has 10 heteroatoms. The monoisotopic (exact) mass is 447 g/mol. The Labute approximate surface area is 179 Å². The average Bonchev–Trinajstić information content (AvgIpc) is 3.02. The smallest absolute Gasteiger partial charge is 0.401 e. The fourth-order valence-corrected chi connectivity index (χ4v) is 7.32. The number of nitrogens with two attached hydrogens (primary N) is 1. The Morgan fingerprint density at radius 2 is 2.00 bits per heavy atom. The van der Waals surface area contributed by atoms with Gasteiger partial charge in [-0.05, 0) is 41.3 Å². The van der Waals surface area contributed by atoms with Crippen LogP contribution in [0.15, 0.2) is 29.1 Å². The lowest BCUT2D eigenvalue weighted by atomic mass is 9.55. The molecule has 2 heterocycles. The second-order valence-electron chi connectivity index (χ2n) is 9.73. The third-order valence-electron chi connectivity index (χ3n) is 8.13. The SMILES string of the molecule is NC(=O)c1cc2c([nH]c1=O)CC13CC4(CN(CC(F)(F)F)[C@H]4[C@]1(O)C2)c1ccc(O)cc13. The van der Waals surface area contributed by atoms with Gasteiger partial charge in [-0.1, -0.05) is 6.07 Å². The molecule has 0 radical (unpaired) electrons. The maximum Gasteiger partial charge on any atom is 0.401 e. The number of aromatic nitrogens is 1. The van der Waals surface area contributed by atoms with E-state index in [1.165, 1.54) is 17.0 Å². The van der Waals surface area contributed by atoms with Gasteiger partial charge in [0.1, 0.15) is 11.3 Å². The molecule has 7 nitrogen and oxygen atoms in total. The summed E-state index contributed by atoms with van der Waals surface area (Å²) in [6, 6.07) is 5.41. The minimum Gasteiger partial charge on any atom is -0.508 e. The van der Waals surface area contributed by atoms with E-state index in [0.717, 1.165) is 5.56 Å². The molecule has 1 saturated heterocycles. The Bertz CT molecular complexity index is 1270. The van der Waals surface area contributed by atoms with Crippen molar-refractivity contribution in [2.45, 2.75) is 47.9 Å². The normalized spacial score (nSPS) is 34.3. The van der Waals surface area contributed by atoms with Crippen LogP contribution in [0.25, 0.3) is 0 Å². The molecular formula is C22H20F3N3O4. The maximum absolute atomic E-state index is 13.3. The van der Waals surface area contributed by atoms with Crippen molar-refractivity contribution in [3.8, 4) is 5.75 Å². The highest BCUT2D eigenvalue weighted by molar-refractivity contribution is 5.92. The number of alkyl halides is 3. The van der Waals surface area contributed by atoms with Crippen LogP contribution >= 0.6 is 0 Å². The zero-order valence-electron chi connectivity index (χ0n) is 16.8. The maximum atomic E-state index is 13.3. The summed E-state index contributed by atoms with van der Waals surface area (Å²) in [6.45, 7) is -0.978. The Kier molecular flexibility index (Phi) is 3.43. The number of aromatic hydroxyl groups is 1. The molecule has 1 saturated carbocycles. The first kappa shape index (κ1) is 19.8. The summed E-state index contributed by atoms with van der Waals surface area (Å²) < 4.78 is 39.9. The molecule has 1 amide bonds. The topological polar surface area (TPSA) is 120 Å². The fraction of sp³-hybridized carbons (Fsp3) is 0.455. The van der Waals surface area contributed by atoms with Gasteiger partial charge in [-0.25, -0.2) is 0 Å². The number of fused-ring (bicyclic) bond motifs is 3. The summed E-state index contributed by atoms with van der Waals surface area (Å²) in [4.78, 5) is 28.0. The lowest BCUT2D eigenvalue weighted by Crippen LogP contribution is -2.76. The molecule has 3 aliphatic carbocycles. The van der Waals surface area contributed by atoms with Gasteiger partial charge in [0.15, 0.2) is 0 Å². The van der Waals surface area contributed by atoms with E-state index in [1.54, 1.807) is 12.1 Å². The van der Waals surface area contributed by atoms with Gasteiger partial charge < -0.3 is 20.9 Å². The van der Waals surface area contributed by atoms with Crippen molar-refractivity contribution < 1.29 is 28.2 Å². The lowest BCUT2D eigenvalue weighted by Gasteiger charge is -2.62. The van der Waals surface area contributed by atoms with Crippen molar-refractivity contribution in [3.05, 3.63) is 62.6 Å². The van der Waals surface area contributed by atoms with Gasteiger partial charge in [0, 0.05) is 35.9 Å². The minimum atomic E-state index is -4.41. The molecule has 4 aliphatic rings. The average molecular weight is 447 g/mol. The van der Waals surface area contributed by atoms with Crippen LogP contribution in [0.4, 0.5) is 13.2 Å². The van der Waals surface area contributed by atoms with Crippen LogP contribution in [0.5, 0.6) is 5.75 Å². The van der Waals surface area contributed by atoms with Crippen molar-refractivity contribution in [2.24, 2.45) is 5.73 Å². The number of amides is 1. The number of carbonyl (C=O) groups is 1. The summed E-state index contributed by atoms with van der Waals surface area (Å²) in [5.41, 5.74) is 3.79. The number of benzene rings is 1. The van der Waals surface area contributed by atoms with Crippen LogP contribution in [0.3, 0.4) is 0 Å². The third-order valence-corrected chi connectivity index (χ3v) is 8.13. The standard InChI is InChI=1S/C22H20F3N3O4/c23-22(24,25)9-28-8-19-7-20(14-4-11(29)1-2-13(14)19)6-15-10(5-21(20,32)18(19)28)3-12(16(26)30)17(31)27-15/h1-4,18,29,32H,5-9H2,(H2,26,30)(H,27,31)/t18-,19?,20?,21-/m1/s1. The zero-order valence-corrected chi connectivity index (χ0v) is 16.8. The fourth-order valence-electron chi connectivity index (χ4n) is 7.32. The van der Waals surface area contributed by atoms with E-state index in [4.69, 9.17) is 5.73 Å². The van der Waals surface area contributed by atoms with Crippen molar-refractivity contribution >= 4 is 5.91 Å². The molecule has 168 valence electrons. The number of phenols is 1. The minimum absolute atomic E-state index is 0.0100. The van der Waals surface area contributed by atoms with Crippen LogP contribution in [0, 0.1) is 0 Å². The number of halogens is 3. The molecule has 32 heavy (non-hydrogen) atoms. The molecule has 1 aromatic heterocycles. The summed E-state index contributed by atoms with van der Waals surface area (Å²) in [7, 11) is 0. The largest absolute Gasteiger partial charge is 0.508 e. The van der Waals surface area contributed by atoms with E-state index in [-0.39, 0.29) is 30.7 Å². The number of hydrogen-bond acceptors (Lipinski definition) is 5. The van der Waals surface area contributed by atoms with Gasteiger partial charge >= 0.3 is 6.18 Å². The molecule has 1 aliphatic heterocycles. The summed E-state index contributed by atoms with van der Waals surface area (Å²) in [6.07, 6.45) is -3.84. The van der Waals surface area contributed by atoms with Crippen molar-refractivity contribution in [1.29, 1.82) is 0 Å². The van der Waals surface area contributed by atoms with E-state index in [1.807, 2.05) is 0 Å². The molecule has 2 fully saturated rings. The first-order valence-corrected chi connectivity index (χ1v) is 10.3. The first-order valence-electron chi connectivity index (χ1n) is 10.3. The van der Waals surface area contributed by atoms with Crippen LogP contribution < -0.4 is 11.3 Å². The summed E-state index contributed by atoms with van der Waals surface area (Å²) in [5.74, 6) is -0.904. The molecule has 2 unspecified atom stereocenters. The number of likely N-dealkylation sites (tertiary alicyclic amines) is 1. The van der Waals surface area contributed by atoms with E-state index in [0.29, 0.717) is 23.2 Å². The predicted molar refractivity (Wildman–Crippen MR) is 105 cm³/mol. The highest BCUT2D eigenvalue weighted by atomic mass is 19.4. The zero-order chi connectivity index (χ0) is 22.8.